The Morgan fingerprint density at radius 1 is 1.32 bits per heavy atom. The standard InChI is InChI=1S/C13H12FN3OS/c14-9-7-8(15)1-2-10(9)18-11-3-4-16-13-12(11)19-6-5-17-13/h1-4,7H,5-6,15H2,(H,16,17). The van der Waals surface area contributed by atoms with E-state index in [1.165, 1.54) is 12.1 Å². The molecule has 1 aliphatic heterocycles. The number of benzene rings is 1. The minimum atomic E-state index is -0.473. The Kier molecular flexibility index (Phi) is 3.16. The monoisotopic (exact) mass is 277 g/mol. The van der Waals surface area contributed by atoms with E-state index in [2.05, 4.69) is 10.3 Å². The topological polar surface area (TPSA) is 60.2 Å². The fraction of sp³-hybridized carbons (Fsp3) is 0.154. The van der Waals surface area contributed by atoms with Crippen molar-refractivity contribution in [1.82, 2.24) is 4.98 Å². The number of nitrogen functional groups attached to an aromatic ring is 1. The van der Waals surface area contributed by atoms with Gasteiger partial charge in [0.1, 0.15) is 11.6 Å². The van der Waals surface area contributed by atoms with Crippen LogP contribution in [0.25, 0.3) is 0 Å². The first kappa shape index (κ1) is 12.1. The number of nitrogens with two attached hydrogens (primary N) is 1. The van der Waals surface area contributed by atoms with Gasteiger partial charge in [0.15, 0.2) is 11.6 Å². The van der Waals surface area contributed by atoms with E-state index in [1.54, 1.807) is 30.1 Å². The van der Waals surface area contributed by atoms with Crippen LogP contribution < -0.4 is 15.8 Å². The third-order valence-electron chi connectivity index (χ3n) is 2.69. The quantitative estimate of drug-likeness (QED) is 0.826. The third kappa shape index (κ3) is 2.44. The van der Waals surface area contributed by atoms with Gasteiger partial charge in [0.05, 0.1) is 4.90 Å². The van der Waals surface area contributed by atoms with Crippen LogP contribution in [0.4, 0.5) is 15.9 Å². The normalized spacial score (nSPS) is 13.5. The molecule has 1 aliphatic rings. The van der Waals surface area contributed by atoms with Gasteiger partial charge in [-0.1, -0.05) is 0 Å². The second-order valence-electron chi connectivity index (χ2n) is 4.05. The first-order valence-corrected chi connectivity index (χ1v) is 6.81. The number of pyridine rings is 1. The van der Waals surface area contributed by atoms with E-state index >= 15 is 0 Å². The van der Waals surface area contributed by atoms with E-state index < -0.39 is 5.82 Å². The van der Waals surface area contributed by atoms with Crippen molar-refractivity contribution in [3.05, 3.63) is 36.3 Å². The molecule has 3 N–H and O–H groups in total. The van der Waals surface area contributed by atoms with E-state index in [4.69, 9.17) is 10.5 Å². The van der Waals surface area contributed by atoms with Crippen molar-refractivity contribution in [2.45, 2.75) is 4.90 Å². The second-order valence-corrected chi connectivity index (χ2v) is 5.16. The van der Waals surface area contributed by atoms with E-state index in [-0.39, 0.29) is 5.75 Å². The van der Waals surface area contributed by atoms with Crippen molar-refractivity contribution in [2.24, 2.45) is 0 Å². The Morgan fingerprint density at radius 3 is 3.05 bits per heavy atom. The van der Waals surface area contributed by atoms with Gasteiger partial charge < -0.3 is 15.8 Å². The van der Waals surface area contributed by atoms with E-state index in [9.17, 15) is 4.39 Å². The molecular formula is C13H12FN3OS. The molecule has 0 saturated carbocycles. The molecule has 2 aromatic rings. The third-order valence-corrected chi connectivity index (χ3v) is 3.78. The highest BCUT2D eigenvalue weighted by Gasteiger charge is 2.17. The maximum absolute atomic E-state index is 13.7. The van der Waals surface area contributed by atoms with Gasteiger partial charge in [-0.15, -0.1) is 11.8 Å². The zero-order valence-corrected chi connectivity index (χ0v) is 10.8. The van der Waals surface area contributed by atoms with Crippen LogP contribution >= 0.6 is 11.8 Å². The Morgan fingerprint density at radius 2 is 2.21 bits per heavy atom. The van der Waals surface area contributed by atoms with Gasteiger partial charge in [-0.05, 0) is 12.1 Å². The molecule has 0 bridgehead atoms. The predicted octanol–water partition coefficient (Wildman–Crippen LogP) is 3.11. The van der Waals surface area contributed by atoms with Crippen LogP contribution in [0.3, 0.4) is 0 Å². The number of ether oxygens (including phenoxy) is 1. The average Bonchev–Trinajstić information content (AvgIpc) is 2.42. The number of aromatic nitrogens is 1. The number of fused-ring (bicyclic) bond motifs is 1. The van der Waals surface area contributed by atoms with Gasteiger partial charge in [0, 0.05) is 36.3 Å². The minimum absolute atomic E-state index is 0.161. The second kappa shape index (κ2) is 4.97. The van der Waals surface area contributed by atoms with Crippen molar-refractivity contribution in [3.8, 4) is 11.5 Å². The number of hydrogen-bond acceptors (Lipinski definition) is 5. The first-order chi connectivity index (χ1) is 9.24. The molecule has 2 heterocycles. The molecule has 0 radical (unpaired) electrons. The summed E-state index contributed by atoms with van der Waals surface area (Å²) in [6.07, 6.45) is 1.64. The first-order valence-electron chi connectivity index (χ1n) is 5.82. The number of halogens is 1. The lowest BCUT2D eigenvalue weighted by Crippen LogP contribution is -2.12. The number of hydrogen-bond donors (Lipinski definition) is 2. The molecule has 98 valence electrons. The predicted molar refractivity (Wildman–Crippen MR) is 74.3 cm³/mol. The molecule has 19 heavy (non-hydrogen) atoms. The highest BCUT2D eigenvalue weighted by atomic mass is 32.2. The Hall–Kier alpha value is -1.95. The maximum Gasteiger partial charge on any atom is 0.167 e. The molecule has 0 spiro atoms. The van der Waals surface area contributed by atoms with Gasteiger partial charge in [0.25, 0.3) is 0 Å². The largest absolute Gasteiger partial charge is 0.453 e. The maximum atomic E-state index is 13.7. The molecule has 0 fully saturated rings. The highest BCUT2D eigenvalue weighted by molar-refractivity contribution is 7.99. The molecule has 0 amide bonds. The van der Waals surface area contributed by atoms with Gasteiger partial charge in [0.2, 0.25) is 0 Å². The molecule has 1 aromatic heterocycles. The lowest BCUT2D eigenvalue weighted by atomic mass is 10.3. The van der Waals surface area contributed by atoms with Crippen LogP contribution in [-0.4, -0.2) is 17.3 Å². The van der Waals surface area contributed by atoms with Crippen molar-refractivity contribution >= 4 is 23.3 Å². The molecule has 0 atom stereocenters. The smallest absolute Gasteiger partial charge is 0.167 e. The molecular weight excluding hydrogens is 265 g/mol. The van der Waals surface area contributed by atoms with Crippen molar-refractivity contribution < 1.29 is 9.13 Å². The lowest BCUT2D eigenvalue weighted by Gasteiger charge is -2.19. The van der Waals surface area contributed by atoms with E-state index in [1.807, 2.05) is 0 Å². The van der Waals surface area contributed by atoms with Crippen LogP contribution in [0, 0.1) is 5.82 Å². The van der Waals surface area contributed by atoms with Crippen LogP contribution in [0.5, 0.6) is 11.5 Å². The Labute approximate surface area is 114 Å². The summed E-state index contributed by atoms with van der Waals surface area (Å²) >= 11 is 1.65. The van der Waals surface area contributed by atoms with Crippen LogP contribution in [0.2, 0.25) is 0 Å². The number of nitrogens with one attached hydrogen (secondary N) is 1. The lowest BCUT2D eigenvalue weighted by molar-refractivity contribution is 0.433. The molecule has 0 unspecified atom stereocenters. The minimum Gasteiger partial charge on any atom is -0.453 e. The molecule has 3 rings (SSSR count). The summed E-state index contributed by atoms with van der Waals surface area (Å²) in [5.74, 6) is 2.00. The van der Waals surface area contributed by atoms with Crippen molar-refractivity contribution in [1.29, 1.82) is 0 Å². The Balaban J connectivity index is 1.95. The molecule has 4 nitrogen and oxygen atoms in total. The van der Waals surface area contributed by atoms with Gasteiger partial charge >= 0.3 is 0 Å². The summed E-state index contributed by atoms with van der Waals surface area (Å²) in [7, 11) is 0. The molecule has 6 heteroatoms. The van der Waals surface area contributed by atoms with Crippen LogP contribution in [0.15, 0.2) is 35.4 Å². The fourth-order valence-corrected chi connectivity index (χ4v) is 2.74. The summed E-state index contributed by atoms with van der Waals surface area (Å²) < 4.78 is 19.4. The summed E-state index contributed by atoms with van der Waals surface area (Å²) in [5, 5.41) is 3.19. The SMILES string of the molecule is Nc1ccc(Oc2ccnc3c2SCCN3)c(F)c1. The zero-order chi connectivity index (χ0) is 13.2. The van der Waals surface area contributed by atoms with Crippen LogP contribution in [-0.2, 0) is 0 Å². The van der Waals surface area contributed by atoms with E-state index in [0.717, 1.165) is 23.0 Å². The average molecular weight is 277 g/mol. The Bertz CT molecular complexity index is 621. The number of rotatable bonds is 2. The fourth-order valence-electron chi connectivity index (χ4n) is 1.82. The summed E-state index contributed by atoms with van der Waals surface area (Å²) in [6.45, 7) is 0.865. The van der Waals surface area contributed by atoms with Gasteiger partial charge in [-0.3, -0.25) is 0 Å². The van der Waals surface area contributed by atoms with Gasteiger partial charge in [-0.2, -0.15) is 0 Å². The van der Waals surface area contributed by atoms with E-state index in [0.29, 0.717) is 11.4 Å². The highest BCUT2D eigenvalue weighted by Crippen LogP contribution is 2.39. The van der Waals surface area contributed by atoms with Crippen molar-refractivity contribution in [3.63, 3.8) is 0 Å². The number of thioether (sulfide) groups is 1. The number of nitrogens with zero attached hydrogens (tertiary/aromatic N) is 1. The molecule has 1 aromatic carbocycles. The summed E-state index contributed by atoms with van der Waals surface area (Å²) in [6, 6.07) is 6.11. The summed E-state index contributed by atoms with van der Waals surface area (Å²) in [5.41, 5.74) is 5.88. The molecule has 0 saturated heterocycles. The van der Waals surface area contributed by atoms with Crippen molar-refractivity contribution in [2.75, 3.05) is 23.3 Å². The van der Waals surface area contributed by atoms with Gasteiger partial charge in [-0.25, -0.2) is 9.37 Å². The number of anilines is 2. The zero-order valence-electron chi connectivity index (χ0n) is 10.0. The van der Waals surface area contributed by atoms with Crippen LogP contribution in [0.1, 0.15) is 0 Å². The molecule has 0 aliphatic carbocycles. The summed E-state index contributed by atoms with van der Waals surface area (Å²) in [4.78, 5) is 5.14.